The fourth-order valence-corrected chi connectivity index (χ4v) is 3.83. The maximum absolute atomic E-state index is 12.7. The molecular weight excluding hydrogens is 443 g/mol. The summed E-state index contributed by atoms with van der Waals surface area (Å²) in [6.45, 7) is 2.12. The molecule has 1 atom stereocenters. The van der Waals surface area contributed by atoms with Crippen molar-refractivity contribution in [1.82, 2.24) is 25.0 Å². The van der Waals surface area contributed by atoms with Gasteiger partial charge in [-0.25, -0.2) is 0 Å². The minimum Gasteiger partial charge on any atom is -0.486 e. The van der Waals surface area contributed by atoms with Crippen molar-refractivity contribution < 1.29 is 14.6 Å². The predicted octanol–water partition coefficient (Wildman–Crippen LogP) is 3.85. The Balaban J connectivity index is 1.56. The van der Waals surface area contributed by atoms with Gasteiger partial charge in [-0.1, -0.05) is 23.2 Å². The molecule has 4 rings (SSSR count). The van der Waals surface area contributed by atoms with Crippen LogP contribution in [0.3, 0.4) is 0 Å². The van der Waals surface area contributed by atoms with Gasteiger partial charge in [-0.05, 0) is 25.1 Å². The third-order valence-electron chi connectivity index (χ3n) is 4.58. The highest BCUT2D eigenvalue weighted by Gasteiger charge is 2.19. The van der Waals surface area contributed by atoms with Crippen molar-refractivity contribution in [2.75, 3.05) is 11.9 Å². The van der Waals surface area contributed by atoms with Gasteiger partial charge in [0.05, 0.1) is 40.6 Å². The number of aromatic nitrogens is 5. The number of aromatic amines is 1. The van der Waals surface area contributed by atoms with Crippen molar-refractivity contribution in [2.24, 2.45) is 0 Å². The first-order chi connectivity index (χ1) is 15.0. The smallest absolute Gasteiger partial charge is 0.276 e. The highest BCUT2D eigenvalue weighted by molar-refractivity contribution is 6.35. The molecule has 31 heavy (non-hydrogen) atoms. The number of fused-ring (bicyclic) bond motifs is 1. The third-order valence-corrected chi connectivity index (χ3v) is 5.18. The Hall–Kier alpha value is -3.14. The molecule has 0 aliphatic rings. The molecule has 0 spiro atoms. The molecule has 1 unspecified atom stereocenters. The maximum Gasteiger partial charge on any atom is 0.276 e. The summed E-state index contributed by atoms with van der Waals surface area (Å²) >= 11 is 12.4. The number of amides is 1. The summed E-state index contributed by atoms with van der Waals surface area (Å²) in [6, 6.07) is 5.26. The summed E-state index contributed by atoms with van der Waals surface area (Å²) in [6.07, 6.45) is 5.70. The highest BCUT2D eigenvalue weighted by atomic mass is 35.5. The van der Waals surface area contributed by atoms with Crippen LogP contribution in [0.1, 0.15) is 29.1 Å². The molecule has 160 valence electrons. The molecular formula is C20H18Cl2N6O3. The Morgan fingerprint density at radius 3 is 2.81 bits per heavy atom. The number of hydrogen-bond donors (Lipinski definition) is 3. The van der Waals surface area contributed by atoms with E-state index in [-0.39, 0.29) is 12.3 Å². The Labute approximate surface area is 187 Å². The van der Waals surface area contributed by atoms with Crippen LogP contribution in [0, 0.1) is 0 Å². The molecule has 4 aromatic rings. The first-order valence-electron chi connectivity index (χ1n) is 9.34. The number of aliphatic hydroxyl groups excluding tert-OH is 1. The number of halogens is 2. The third kappa shape index (κ3) is 4.48. The number of aliphatic hydroxyl groups is 1. The first-order valence-corrected chi connectivity index (χ1v) is 10.1. The van der Waals surface area contributed by atoms with E-state index < -0.39 is 12.0 Å². The number of nitrogens with zero attached hydrogens (tertiary/aromatic N) is 4. The molecule has 11 heteroatoms. The van der Waals surface area contributed by atoms with Gasteiger partial charge in [0.1, 0.15) is 11.9 Å². The van der Waals surface area contributed by atoms with E-state index in [9.17, 15) is 4.79 Å². The van der Waals surface area contributed by atoms with Gasteiger partial charge in [-0.2, -0.15) is 10.2 Å². The van der Waals surface area contributed by atoms with E-state index in [1.54, 1.807) is 24.4 Å². The van der Waals surface area contributed by atoms with Gasteiger partial charge >= 0.3 is 0 Å². The van der Waals surface area contributed by atoms with Crippen LogP contribution in [-0.4, -0.2) is 42.6 Å². The van der Waals surface area contributed by atoms with Gasteiger partial charge in [0, 0.05) is 29.5 Å². The average Bonchev–Trinajstić information content (AvgIpc) is 3.34. The zero-order chi connectivity index (χ0) is 22.0. The molecule has 9 nitrogen and oxygen atoms in total. The lowest BCUT2D eigenvalue weighted by Crippen LogP contribution is -2.12. The number of pyridine rings is 1. The number of anilines is 1. The number of rotatable bonds is 7. The number of nitrogens with one attached hydrogen (secondary N) is 2. The SMILES string of the molecule is CC(Oc1ccc2[nH]nc(C(=O)Nc3cnn(CCO)c3)c2c1)c1c(Cl)cncc1Cl. The molecule has 3 heterocycles. The van der Waals surface area contributed by atoms with Gasteiger partial charge in [0.2, 0.25) is 0 Å². The van der Waals surface area contributed by atoms with Crippen molar-refractivity contribution in [3.8, 4) is 5.75 Å². The standard InChI is InChI=1S/C20H18Cl2N6O3/c1-11(18-15(21)8-23-9-16(18)22)31-13-2-3-17-14(6-13)19(27-26-17)20(30)25-12-7-24-28(10-12)4-5-29/h2-3,6-11,29H,4-5H2,1H3,(H,25,30)(H,26,27). The normalized spacial score (nSPS) is 12.1. The van der Waals surface area contributed by atoms with Crippen molar-refractivity contribution in [2.45, 2.75) is 19.6 Å². The summed E-state index contributed by atoms with van der Waals surface area (Å²) in [5, 5.41) is 24.2. The quantitative estimate of drug-likeness (QED) is 0.385. The average molecular weight is 461 g/mol. The lowest BCUT2D eigenvalue weighted by atomic mass is 10.1. The second kappa shape index (κ2) is 8.93. The van der Waals surface area contributed by atoms with E-state index in [0.29, 0.717) is 44.5 Å². The Morgan fingerprint density at radius 2 is 2.06 bits per heavy atom. The topological polar surface area (TPSA) is 118 Å². The molecule has 0 fully saturated rings. The first kappa shape index (κ1) is 21.1. The van der Waals surface area contributed by atoms with E-state index in [1.807, 2.05) is 6.92 Å². The van der Waals surface area contributed by atoms with Gasteiger partial charge in [-0.3, -0.25) is 19.6 Å². The maximum atomic E-state index is 12.7. The summed E-state index contributed by atoms with van der Waals surface area (Å²) in [7, 11) is 0. The zero-order valence-electron chi connectivity index (χ0n) is 16.3. The molecule has 1 amide bonds. The molecule has 1 aromatic carbocycles. The fourth-order valence-electron chi connectivity index (χ4n) is 3.16. The lowest BCUT2D eigenvalue weighted by molar-refractivity contribution is 0.102. The number of carbonyl (C=O) groups is 1. The number of ether oxygens (including phenoxy) is 1. The van der Waals surface area contributed by atoms with Crippen LogP contribution >= 0.6 is 23.2 Å². The van der Waals surface area contributed by atoms with Crippen molar-refractivity contribution >= 4 is 45.7 Å². The van der Waals surface area contributed by atoms with Crippen LogP contribution in [0.4, 0.5) is 5.69 Å². The van der Waals surface area contributed by atoms with Crippen molar-refractivity contribution in [3.05, 3.63) is 64.3 Å². The molecule has 3 N–H and O–H groups in total. The van der Waals surface area contributed by atoms with E-state index in [4.69, 9.17) is 33.0 Å². The monoisotopic (exact) mass is 460 g/mol. The minimum atomic E-state index is -0.443. The van der Waals surface area contributed by atoms with Gasteiger partial charge in [0.15, 0.2) is 5.69 Å². The minimum absolute atomic E-state index is 0.0454. The molecule has 0 aliphatic heterocycles. The van der Waals surface area contributed by atoms with Crippen LogP contribution < -0.4 is 10.1 Å². The van der Waals surface area contributed by atoms with E-state index in [2.05, 4.69) is 25.6 Å². The number of hydrogen-bond acceptors (Lipinski definition) is 6. The summed E-state index contributed by atoms with van der Waals surface area (Å²) in [4.78, 5) is 16.7. The Bertz CT molecular complexity index is 1220. The second-order valence-electron chi connectivity index (χ2n) is 6.73. The Morgan fingerprint density at radius 1 is 1.29 bits per heavy atom. The lowest BCUT2D eigenvalue weighted by Gasteiger charge is -2.17. The van der Waals surface area contributed by atoms with Gasteiger partial charge in [-0.15, -0.1) is 0 Å². The second-order valence-corrected chi connectivity index (χ2v) is 7.54. The van der Waals surface area contributed by atoms with Crippen molar-refractivity contribution in [1.29, 1.82) is 0 Å². The number of H-pyrrole nitrogens is 1. The highest BCUT2D eigenvalue weighted by Crippen LogP contribution is 2.33. The van der Waals surface area contributed by atoms with Crippen LogP contribution in [0.2, 0.25) is 10.0 Å². The predicted molar refractivity (Wildman–Crippen MR) is 117 cm³/mol. The van der Waals surface area contributed by atoms with E-state index in [0.717, 1.165) is 0 Å². The fraction of sp³-hybridized carbons (Fsp3) is 0.200. The largest absolute Gasteiger partial charge is 0.486 e. The van der Waals surface area contributed by atoms with Crippen LogP contribution in [0.5, 0.6) is 5.75 Å². The number of carbonyl (C=O) groups excluding carboxylic acids is 1. The molecule has 0 aliphatic carbocycles. The molecule has 0 radical (unpaired) electrons. The van der Waals surface area contributed by atoms with Crippen molar-refractivity contribution in [3.63, 3.8) is 0 Å². The van der Waals surface area contributed by atoms with E-state index in [1.165, 1.54) is 23.3 Å². The van der Waals surface area contributed by atoms with E-state index >= 15 is 0 Å². The van der Waals surface area contributed by atoms with Crippen LogP contribution in [0.25, 0.3) is 10.9 Å². The molecule has 3 aromatic heterocycles. The molecule has 0 saturated carbocycles. The zero-order valence-corrected chi connectivity index (χ0v) is 17.9. The Kier molecular flexibility index (Phi) is 6.08. The van der Waals surface area contributed by atoms with Crippen LogP contribution in [-0.2, 0) is 6.54 Å². The number of benzene rings is 1. The van der Waals surface area contributed by atoms with Crippen LogP contribution in [0.15, 0.2) is 43.0 Å². The summed E-state index contributed by atoms with van der Waals surface area (Å²) in [5.41, 5.74) is 2.02. The van der Waals surface area contributed by atoms with Gasteiger partial charge < -0.3 is 15.2 Å². The van der Waals surface area contributed by atoms with Gasteiger partial charge in [0.25, 0.3) is 5.91 Å². The summed E-state index contributed by atoms with van der Waals surface area (Å²) < 4.78 is 7.54. The molecule has 0 bridgehead atoms. The molecule has 0 saturated heterocycles. The summed E-state index contributed by atoms with van der Waals surface area (Å²) in [5.74, 6) is 0.121.